The van der Waals surface area contributed by atoms with E-state index in [1.165, 1.54) is 4.90 Å². The fourth-order valence-corrected chi connectivity index (χ4v) is 3.76. The van der Waals surface area contributed by atoms with Crippen LogP contribution >= 0.6 is 0 Å². The third-order valence-corrected chi connectivity index (χ3v) is 5.38. The van der Waals surface area contributed by atoms with E-state index in [1.54, 1.807) is 12.1 Å². The predicted molar refractivity (Wildman–Crippen MR) is 110 cm³/mol. The van der Waals surface area contributed by atoms with E-state index in [9.17, 15) is 14.4 Å². The van der Waals surface area contributed by atoms with Crippen molar-refractivity contribution in [3.8, 4) is 11.8 Å². The van der Waals surface area contributed by atoms with Crippen molar-refractivity contribution in [1.29, 1.82) is 0 Å². The van der Waals surface area contributed by atoms with Gasteiger partial charge in [0.05, 0.1) is 0 Å². The molecule has 0 bridgehead atoms. The Morgan fingerprint density at radius 1 is 1.13 bits per heavy atom. The van der Waals surface area contributed by atoms with Crippen molar-refractivity contribution in [1.82, 2.24) is 10.2 Å². The lowest BCUT2D eigenvalue weighted by Crippen LogP contribution is -2.52. The Kier molecular flexibility index (Phi) is 8.00. The number of nitrogens with one attached hydrogen (secondary N) is 1. The van der Waals surface area contributed by atoms with Gasteiger partial charge in [-0.2, -0.15) is 0 Å². The van der Waals surface area contributed by atoms with Crippen molar-refractivity contribution in [2.45, 2.75) is 57.5 Å². The number of nitrogens with zero attached hydrogens (tertiary/aromatic N) is 1. The van der Waals surface area contributed by atoms with Gasteiger partial charge in [0.1, 0.15) is 12.6 Å². The molecule has 1 aromatic carbocycles. The van der Waals surface area contributed by atoms with Gasteiger partial charge in [0, 0.05) is 37.3 Å². The van der Waals surface area contributed by atoms with E-state index in [0.29, 0.717) is 31.7 Å². The van der Waals surface area contributed by atoms with E-state index in [0.717, 1.165) is 43.2 Å². The van der Waals surface area contributed by atoms with Crippen LogP contribution in [0.2, 0.25) is 0 Å². The first-order valence-electron chi connectivity index (χ1n) is 10.5. The molecule has 2 aliphatic rings. The summed E-state index contributed by atoms with van der Waals surface area (Å²) < 4.78 is 5.53. The second-order valence-electron chi connectivity index (χ2n) is 7.62. The van der Waals surface area contributed by atoms with Crippen LogP contribution in [0.4, 0.5) is 0 Å². The standard InChI is InChI=1S/C23H28N2O5/c26-12-4-2-1-3-5-13-30-14-6-7-17-8-9-19-18(15-17)16-25(23(19)29)20-10-11-21(27)24-22(20)28/h8-9,15,20,26H,1-5,10-14,16H2,(H,24,27,28). The van der Waals surface area contributed by atoms with Gasteiger partial charge in [0.25, 0.3) is 5.91 Å². The van der Waals surface area contributed by atoms with Gasteiger partial charge in [-0.1, -0.05) is 31.1 Å². The zero-order chi connectivity index (χ0) is 21.3. The highest BCUT2D eigenvalue weighted by Crippen LogP contribution is 2.28. The van der Waals surface area contributed by atoms with E-state index in [2.05, 4.69) is 17.2 Å². The fourth-order valence-electron chi connectivity index (χ4n) is 3.76. The van der Waals surface area contributed by atoms with Crippen LogP contribution in [0.25, 0.3) is 0 Å². The Balaban J connectivity index is 1.47. The molecule has 0 spiro atoms. The lowest BCUT2D eigenvalue weighted by molar-refractivity contribution is -0.136. The summed E-state index contributed by atoms with van der Waals surface area (Å²) in [4.78, 5) is 37.6. The average Bonchev–Trinajstić information content (AvgIpc) is 3.05. The minimum atomic E-state index is -0.603. The maximum atomic E-state index is 12.7. The number of piperidine rings is 1. The molecule has 1 saturated heterocycles. The molecule has 1 atom stereocenters. The van der Waals surface area contributed by atoms with E-state index in [1.807, 2.05) is 6.07 Å². The number of hydrogen-bond donors (Lipinski definition) is 2. The number of amides is 3. The summed E-state index contributed by atoms with van der Waals surface area (Å²) >= 11 is 0. The van der Waals surface area contributed by atoms with Gasteiger partial charge in [0.2, 0.25) is 11.8 Å². The third-order valence-electron chi connectivity index (χ3n) is 5.38. The molecule has 7 heteroatoms. The molecular formula is C23H28N2O5. The summed E-state index contributed by atoms with van der Waals surface area (Å²) in [5.41, 5.74) is 2.24. The highest BCUT2D eigenvalue weighted by atomic mass is 16.5. The Hall–Kier alpha value is -2.69. The lowest BCUT2D eigenvalue weighted by atomic mass is 10.0. The number of carbonyl (C=O) groups is 3. The molecule has 30 heavy (non-hydrogen) atoms. The van der Waals surface area contributed by atoms with Gasteiger partial charge >= 0.3 is 0 Å². The highest BCUT2D eigenvalue weighted by Gasteiger charge is 2.38. The number of unbranched alkanes of at least 4 members (excludes halogenated alkanes) is 4. The first-order chi connectivity index (χ1) is 14.6. The third kappa shape index (κ3) is 5.68. The maximum absolute atomic E-state index is 12.7. The molecule has 2 heterocycles. The first kappa shape index (κ1) is 22.0. The summed E-state index contributed by atoms with van der Waals surface area (Å²) in [5, 5.41) is 11.0. The molecule has 3 rings (SSSR count). The van der Waals surface area contributed by atoms with Crippen molar-refractivity contribution < 1.29 is 24.2 Å². The quantitative estimate of drug-likeness (QED) is 0.366. The van der Waals surface area contributed by atoms with Gasteiger partial charge in [-0.05, 0) is 43.0 Å². The molecule has 0 aromatic heterocycles. The summed E-state index contributed by atoms with van der Waals surface area (Å²) in [6, 6.07) is 4.83. The maximum Gasteiger partial charge on any atom is 0.255 e. The molecule has 7 nitrogen and oxygen atoms in total. The van der Waals surface area contributed by atoms with Crippen LogP contribution < -0.4 is 5.32 Å². The number of rotatable bonds is 9. The number of aliphatic hydroxyl groups excluding tert-OH is 1. The van der Waals surface area contributed by atoms with Crippen LogP contribution in [-0.2, 0) is 20.9 Å². The number of fused-ring (bicyclic) bond motifs is 1. The fraction of sp³-hybridized carbons (Fsp3) is 0.522. The first-order valence-corrected chi connectivity index (χ1v) is 10.5. The molecule has 2 N–H and O–H groups in total. The van der Waals surface area contributed by atoms with Crippen LogP contribution in [0.15, 0.2) is 18.2 Å². The van der Waals surface area contributed by atoms with Crippen molar-refractivity contribution >= 4 is 17.7 Å². The topological polar surface area (TPSA) is 95.9 Å². The molecule has 1 aromatic rings. The number of carbonyl (C=O) groups excluding carboxylic acids is 3. The largest absolute Gasteiger partial charge is 0.396 e. The Labute approximate surface area is 176 Å². The average molecular weight is 412 g/mol. The zero-order valence-corrected chi connectivity index (χ0v) is 17.1. The van der Waals surface area contributed by atoms with Gasteiger partial charge in [-0.15, -0.1) is 0 Å². The van der Waals surface area contributed by atoms with Gasteiger partial charge in [0.15, 0.2) is 0 Å². The molecule has 0 aliphatic carbocycles. The number of hydrogen-bond acceptors (Lipinski definition) is 5. The van der Waals surface area contributed by atoms with Crippen LogP contribution in [0.5, 0.6) is 0 Å². The molecule has 1 fully saturated rings. The van der Waals surface area contributed by atoms with E-state index >= 15 is 0 Å². The van der Waals surface area contributed by atoms with Gasteiger partial charge < -0.3 is 14.7 Å². The Morgan fingerprint density at radius 3 is 2.73 bits per heavy atom. The molecule has 3 amide bonds. The molecule has 160 valence electrons. The number of benzene rings is 1. The SMILES string of the molecule is O=C1CCC(N2Cc3cc(C#CCOCCCCCCCO)ccc3C2=O)C(=O)N1. The highest BCUT2D eigenvalue weighted by molar-refractivity contribution is 6.05. The summed E-state index contributed by atoms with van der Waals surface area (Å²) in [5.74, 6) is 5.18. The van der Waals surface area contributed by atoms with E-state index in [-0.39, 0.29) is 24.8 Å². The van der Waals surface area contributed by atoms with Crippen molar-refractivity contribution in [2.24, 2.45) is 0 Å². The van der Waals surface area contributed by atoms with Crippen molar-refractivity contribution in [2.75, 3.05) is 19.8 Å². The van der Waals surface area contributed by atoms with Crippen LogP contribution in [0.1, 0.15) is 66.4 Å². The minimum Gasteiger partial charge on any atom is -0.396 e. The van der Waals surface area contributed by atoms with Crippen LogP contribution in [0.3, 0.4) is 0 Å². The van der Waals surface area contributed by atoms with E-state index < -0.39 is 11.9 Å². The second-order valence-corrected chi connectivity index (χ2v) is 7.62. The van der Waals surface area contributed by atoms with Gasteiger partial charge in [-0.3, -0.25) is 19.7 Å². The minimum absolute atomic E-state index is 0.179. The number of aliphatic hydroxyl groups is 1. The number of imide groups is 1. The Morgan fingerprint density at radius 2 is 1.93 bits per heavy atom. The molecular weight excluding hydrogens is 384 g/mol. The monoisotopic (exact) mass is 412 g/mol. The molecule has 0 saturated carbocycles. The summed E-state index contributed by atoms with van der Waals surface area (Å²) in [6.07, 6.45) is 5.72. The normalized spacial score (nSPS) is 18.1. The summed E-state index contributed by atoms with van der Waals surface area (Å²) in [7, 11) is 0. The van der Waals surface area contributed by atoms with Crippen molar-refractivity contribution in [3.05, 3.63) is 34.9 Å². The zero-order valence-electron chi connectivity index (χ0n) is 17.1. The van der Waals surface area contributed by atoms with Crippen LogP contribution in [0, 0.1) is 11.8 Å². The lowest BCUT2D eigenvalue weighted by Gasteiger charge is -2.29. The smallest absolute Gasteiger partial charge is 0.255 e. The Bertz CT molecular complexity index is 855. The molecule has 1 unspecified atom stereocenters. The number of ether oxygens (including phenoxy) is 1. The molecule has 2 aliphatic heterocycles. The predicted octanol–water partition coefficient (Wildman–Crippen LogP) is 1.76. The summed E-state index contributed by atoms with van der Waals surface area (Å²) in [6.45, 7) is 1.64. The van der Waals surface area contributed by atoms with E-state index in [4.69, 9.17) is 9.84 Å². The van der Waals surface area contributed by atoms with Crippen molar-refractivity contribution in [3.63, 3.8) is 0 Å². The van der Waals surface area contributed by atoms with Gasteiger partial charge in [-0.25, -0.2) is 0 Å². The van der Waals surface area contributed by atoms with Crippen LogP contribution in [-0.4, -0.2) is 53.6 Å². The molecule has 0 radical (unpaired) electrons. The second kappa shape index (κ2) is 10.9.